The van der Waals surface area contributed by atoms with E-state index in [0.717, 1.165) is 0 Å². The van der Waals surface area contributed by atoms with Gasteiger partial charge in [-0.3, -0.25) is 9.59 Å². The van der Waals surface area contributed by atoms with Crippen LogP contribution in [-0.2, 0) is 9.59 Å². The lowest BCUT2D eigenvalue weighted by Crippen LogP contribution is -2.18. The molecular weight excluding hydrogens is 180 g/mol. The molecule has 0 heterocycles. The summed E-state index contributed by atoms with van der Waals surface area (Å²) in [6, 6.07) is 0. The Morgan fingerprint density at radius 3 is 2.29 bits per heavy atom. The van der Waals surface area contributed by atoms with Crippen LogP contribution in [0.5, 0.6) is 0 Å². The van der Waals surface area contributed by atoms with Crippen molar-refractivity contribution in [2.45, 2.75) is 20.8 Å². The molecule has 76 valence electrons. The lowest BCUT2D eigenvalue weighted by atomic mass is 9.90. The molecule has 1 aliphatic rings. The number of ketones is 1. The predicted molar refractivity (Wildman–Crippen MR) is 52.8 cm³/mol. The van der Waals surface area contributed by atoms with E-state index in [1.807, 2.05) is 13.8 Å². The first-order chi connectivity index (χ1) is 6.37. The van der Waals surface area contributed by atoms with Gasteiger partial charge in [0.2, 0.25) is 0 Å². The van der Waals surface area contributed by atoms with Crippen LogP contribution in [0.25, 0.3) is 0 Å². The molecule has 0 unspecified atom stereocenters. The summed E-state index contributed by atoms with van der Waals surface area (Å²) in [7, 11) is 0. The standard InChI is InChI=1S/C11H14O3/c1-5(2)8-6(3)10(12)7(4)9(8)11(13)14/h5,9H,4H2,1-3H3,(H,13,14)/t9-/m1/s1. The van der Waals surface area contributed by atoms with Crippen molar-refractivity contribution in [3.63, 3.8) is 0 Å². The van der Waals surface area contributed by atoms with Crippen molar-refractivity contribution >= 4 is 11.8 Å². The number of hydrogen-bond donors (Lipinski definition) is 1. The van der Waals surface area contributed by atoms with E-state index in [4.69, 9.17) is 5.11 Å². The van der Waals surface area contributed by atoms with Gasteiger partial charge in [-0.1, -0.05) is 20.4 Å². The second-order valence-electron chi connectivity index (χ2n) is 3.86. The van der Waals surface area contributed by atoms with Crippen molar-refractivity contribution in [3.8, 4) is 0 Å². The Hall–Kier alpha value is -1.38. The third kappa shape index (κ3) is 1.39. The quantitative estimate of drug-likeness (QED) is 0.682. The van der Waals surface area contributed by atoms with Crippen LogP contribution in [0.2, 0.25) is 0 Å². The van der Waals surface area contributed by atoms with E-state index >= 15 is 0 Å². The normalized spacial score (nSPS) is 22.4. The predicted octanol–water partition coefficient (Wildman–Crippen LogP) is 1.80. The van der Waals surface area contributed by atoms with Gasteiger partial charge < -0.3 is 5.11 Å². The molecule has 0 aliphatic heterocycles. The van der Waals surface area contributed by atoms with Crippen molar-refractivity contribution in [1.82, 2.24) is 0 Å². The topological polar surface area (TPSA) is 54.4 Å². The van der Waals surface area contributed by atoms with Gasteiger partial charge in [0.15, 0.2) is 5.78 Å². The van der Waals surface area contributed by atoms with E-state index in [1.165, 1.54) is 0 Å². The molecule has 0 bridgehead atoms. The van der Waals surface area contributed by atoms with Crippen LogP contribution in [0.4, 0.5) is 0 Å². The average molecular weight is 194 g/mol. The van der Waals surface area contributed by atoms with Crippen molar-refractivity contribution in [2.75, 3.05) is 0 Å². The molecule has 3 nitrogen and oxygen atoms in total. The molecule has 1 N–H and O–H groups in total. The molecule has 0 radical (unpaired) electrons. The van der Waals surface area contributed by atoms with E-state index in [0.29, 0.717) is 11.1 Å². The molecule has 3 heteroatoms. The average Bonchev–Trinajstić information content (AvgIpc) is 2.29. The van der Waals surface area contributed by atoms with Gasteiger partial charge in [-0.2, -0.15) is 0 Å². The lowest BCUT2D eigenvalue weighted by Gasteiger charge is -2.14. The van der Waals surface area contributed by atoms with E-state index in [-0.39, 0.29) is 17.3 Å². The van der Waals surface area contributed by atoms with Crippen molar-refractivity contribution in [2.24, 2.45) is 11.8 Å². The number of carboxylic acid groups (broad SMARTS) is 1. The number of carbonyl (C=O) groups is 2. The van der Waals surface area contributed by atoms with Crippen LogP contribution in [0.1, 0.15) is 20.8 Å². The Kier molecular flexibility index (Phi) is 2.60. The highest BCUT2D eigenvalue weighted by atomic mass is 16.4. The fourth-order valence-corrected chi connectivity index (χ4v) is 1.96. The fourth-order valence-electron chi connectivity index (χ4n) is 1.96. The van der Waals surface area contributed by atoms with Crippen molar-refractivity contribution in [1.29, 1.82) is 0 Å². The molecule has 1 aliphatic carbocycles. The van der Waals surface area contributed by atoms with Gasteiger partial charge >= 0.3 is 5.97 Å². The molecule has 0 amide bonds. The van der Waals surface area contributed by atoms with Crippen LogP contribution in [0.15, 0.2) is 23.3 Å². The Bertz CT molecular complexity index is 348. The lowest BCUT2D eigenvalue weighted by molar-refractivity contribution is -0.139. The van der Waals surface area contributed by atoms with E-state index in [2.05, 4.69) is 6.58 Å². The zero-order chi connectivity index (χ0) is 11.0. The van der Waals surface area contributed by atoms with Crippen LogP contribution >= 0.6 is 0 Å². The number of allylic oxidation sites excluding steroid dienone is 1. The summed E-state index contributed by atoms with van der Waals surface area (Å²) in [5.74, 6) is -1.92. The Morgan fingerprint density at radius 2 is 2.00 bits per heavy atom. The monoisotopic (exact) mass is 194 g/mol. The number of rotatable bonds is 2. The second-order valence-corrected chi connectivity index (χ2v) is 3.86. The molecular formula is C11H14O3. The molecule has 14 heavy (non-hydrogen) atoms. The molecule has 0 spiro atoms. The Balaban J connectivity index is 3.26. The SMILES string of the molecule is C=C1C(=O)C(C)=C(C(C)C)[C@@H]1C(=O)O. The highest BCUT2D eigenvalue weighted by Crippen LogP contribution is 2.37. The molecule has 0 fully saturated rings. The summed E-state index contributed by atoms with van der Waals surface area (Å²) < 4.78 is 0. The summed E-state index contributed by atoms with van der Waals surface area (Å²) >= 11 is 0. The maximum Gasteiger partial charge on any atom is 0.315 e. The Labute approximate surface area is 83.1 Å². The zero-order valence-electron chi connectivity index (χ0n) is 8.63. The van der Waals surface area contributed by atoms with Gasteiger partial charge in [0.1, 0.15) is 5.92 Å². The molecule has 0 aromatic heterocycles. The summed E-state index contributed by atoms with van der Waals surface area (Å²) in [6.45, 7) is 9.00. The van der Waals surface area contributed by atoms with Gasteiger partial charge in [0, 0.05) is 5.57 Å². The van der Waals surface area contributed by atoms with Crippen LogP contribution < -0.4 is 0 Å². The maximum absolute atomic E-state index is 11.5. The van der Waals surface area contributed by atoms with Gasteiger partial charge in [-0.05, 0) is 24.0 Å². The highest BCUT2D eigenvalue weighted by Gasteiger charge is 2.39. The maximum atomic E-state index is 11.5. The molecule has 1 atom stereocenters. The Morgan fingerprint density at radius 1 is 1.50 bits per heavy atom. The third-order valence-electron chi connectivity index (χ3n) is 2.59. The van der Waals surface area contributed by atoms with Gasteiger partial charge in [0.05, 0.1) is 0 Å². The minimum Gasteiger partial charge on any atom is -0.481 e. The van der Waals surface area contributed by atoms with Crippen LogP contribution in [0.3, 0.4) is 0 Å². The second kappa shape index (κ2) is 3.40. The van der Waals surface area contributed by atoms with Crippen molar-refractivity contribution < 1.29 is 14.7 Å². The number of carboxylic acids is 1. The molecule has 1 rings (SSSR count). The number of aliphatic carboxylic acids is 1. The summed E-state index contributed by atoms with van der Waals surface area (Å²) in [5, 5.41) is 8.99. The number of hydrogen-bond acceptors (Lipinski definition) is 2. The number of Topliss-reactive ketones (excluding diaryl/α,β-unsaturated/α-hetero) is 1. The highest BCUT2D eigenvalue weighted by molar-refractivity contribution is 6.15. The largest absolute Gasteiger partial charge is 0.481 e. The molecule has 0 aromatic rings. The van der Waals surface area contributed by atoms with Crippen LogP contribution in [0, 0.1) is 11.8 Å². The minimum absolute atomic E-state index is 0.0688. The first kappa shape index (κ1) is 10.7. The van der Waals surface area contributed by atoms with Gasteiger partial charge in [0.25, 0.3) is 0 Å². The van der Waals surface area contributed by atoms with Gasteiger partial charge in [-0.15, -0.1) is 0 Å². The minimum atomic E-state index is -0.982. The van der Waals surface area contributed by atoms with E-state index in [9.17, 15) is 9.59 Å². The summed E-state index contributed by atoms with van der Waals surface area (Å²) in [4.78, 5) is 22.5. The van der Waals surface area contributed by atoms with Crippen molar-refractivity contribution in [3.05, 3.63) is 23.3 Å². The zero-order valence-corrected chi connectivity index (χ0v) is 8.63. The van der Waals surface area contributed by atoms with E-state index in [1.54, 1.807) is 6.92 Å². The molecule has 0 saturated heterocycles. The first-order valence-electron chi connectivity index (χ1n) is 4.54. The van der Waals surface area contributed by atoms with Crippen LogP contribution in [-0.4, -0.2) is 16.9 Å². The number of carbonyl (C=O) groups excluding carboxylic acids is 1. The first-order valence-corrected chi connectivity index (χ1v) is 4.54. The third-order valence-corrected chi connectivity index (χ3v) is 2.59. The van der Waals surface area contributed by atoms with E-state index < -0.39 is 11.9 Å². The summed E-state index contributed by atoms with van der Waals surface area (Å²) in [6.07, 6.45) is 0. The molecule has 0 saturated carbocycles. The smallest absolute Gasteiger partial charge is 0.315 e. The molecule has 0 aromatic carbocycles. The summed E-state index contributed by atoms with van der Waals surface area (Å²) in [5.41, 5.74) is 1.45. The van der Waals surface area contributed by atoms with Gasteiger partial charge in [-0.25, -0.2) is 0 Å². The fraction of sp³-hybridized carbons (Fsp3) is 0.455.